The number of benzene rings is 2. The number of carbonyl (C=O) groups excluding carboxylic acids is 1. The molecule has 1 heterocycles. The smallest absolute Gasteiger partial charge is 0.230 e. The van der Waals surface area contributed by atoms with Crippen molar-refractivity contribution < 1.29 is 14.3 Å². The molecule has 0 radical (unpaired) electrons. The number of nitrogens with zero attached hydrogens (tertiary/aromatic N) is 1. The van der Waals surface area contributed by atoms with E-state index in [9.17, 15) is 14.3 Å². The van der Waals surface area contributed by atoms with E-state index >= 15 is 0 Å². The molecule has 3 rings (SSSR count). The molecule has 1 atom stereocenters. The molecule has 1 N–H and O–H groups in total. The third-order valence-corrected chi connectivity index (χ3v) is 4.73. The fourth-order valence-electron chi connectivity index (χ4n) is 3.24. The van der Waals surface area contributed by atoms with Crippen LogP contribution in [0.3, 0.4) is 0 Å². The quantitative estimate of drug-likeness (QED) is 0.943. The van der Waals surface area contributed by atoms with Gasteiger partial charge in [-0.3, -0.25) is 4.79 Å². The topological polar surface area (TPSA) is 40.5 Å². The largest absolute Gasteiger partial charge is 0.395 e. The number of likely N-dealkylation sites (tertiary alicyclic amines) is 1. The van der Waals surface area contributed by atoms with Crippen LogP contribution < -0.4 is 0 Å². The number of hydrogen-bond donors (Lipinski definition) is 1. The van der Waals surface area contributed by atoms with Gasteiger partial charge in [-0.15, -0.1) is 0 Å². The average molecular weight is 313 g/mol. The Morgan fingerprint density at radius 2 is 1.78 bits per heavy atom. The van der Waals surface area contributed by atoms with E-state index in [1.165, 1.54) is 6.07 Å². The highest BCUT2D eigenvalue weighted by Gasteiger charge is 2.46. The molecular weight excluding hydrogens is 293 g/mol. The molecule has 0 spiro atoms. The van der Waals surface area contributed by atoms with Crippen LogP contribution in [-0.2, 0) is 10.2 Å². The molecule has 4 heteroatoms. The van der Waals surface area contributed by atoms with E-state index in [-0.39, 0.29) is 18.3 Å². The second-order valence-corrected chi connectivity index (χ2v) is 6.24. The zero-order chi connectivity index (χ0) is 16.4. The number of rotatable bonds is 4. The van der Waals surface area contributed by atoms with Crippen LogP contribution in [0.1, 0.15) is 24.0 Å². The van der Waals surface area contributed by atoms with Gasteiger partial charge < -0.3 is 10.0 Å². The Balaban J connectivity index is 1.73. The summed E-state index contributed by atoms with van der Waals surface area (Å²) in [6, 6.07) is 16.1. The van der Waals surface area contributed by atoms with Crippen molar-refractivity contribution in [3.63, 3.8) is 0 Å². The van der Waals surface area contributed by atoms with Crippen LogP contribution in [0.15, 0.2) is 54.6 Å². The monoisotopic (exact) mass is 313 g/mol. The van der Waals surface area contributed by atoms with Gasteiger partial charge in [0.15, 0.2) is 0 Å². The highest BCUT2D eigenvalue weighted by molar-refractivity contribution is 5.84. The standard InChI is InChI=1S/C19H20FNO2/c1-14(16-9-5-6-10-17(16)20)18(23)21-11-19(12-21,13-22)15-7-3-2-4-8-15/h2-10,14,22H,11-13H2,1H3. The number of amides is 1. The van der Waals surface area contributed by atoms with Crippen molar-refractivity contribution in [2.24, 2.45) is 0 Å². The molecular formula is C19H20FNO2. The number of carbonyl (C=O) groups is 1. The van der Waals surface area contributed by atoms with Crippen molar-refractivity contribution in [1.82, 2.24) is 4.90 Å². The molecule has 1 saturated heterocycles. The molecule has 0 aromatic heterocycles. The molecule has 2 aromatic carbocycles. The van der Waals surface area contributed by atoms with E-state index in [1.807, 2.05) is 30.3 Å². The molecule has 3 nitrogen and oxygen atoms in total. The predicted molar refractivity (Wildman–Crippen MR) is 86.6 cm³/mol. The van der Waals surface area contributed by atoms with E-state index < -0.39 is 11.3 Å². The van der Waals surface area contributed by atoms with Crippen LogP contribution in [0.2, 0.25) is 0 Å². The van der Waals surface area contributed by atoms with E-state index in [0.29, 0.717) is 18.7 Å². The molecule has 0 saturated carbocycles. The van der Waals surface area contributed by atoms with Crippen LogP contribution in [0.25, 0.3) is 0 Å². The Morgan fingerprint density at radius 3 is 2.39 bits per heavy atom. The van der Waals surface area contributed by atoms with Crippen LogP contribution >= 0.6 is 0 Å². The summed E-state index contributed by atoms with van der Waals surface area (Å²) >= 11 is 0. The van der Waals surface area contributed by atoms with Crippen molar-refractivity contribution in [3.05, 3.63) is 71.5 Å². The summed E-state index contributed by atoms with van der Waals surface area (Å²) in [5.74, 6) is -0.982. The van der Waals surface area contributed by atoms with E-state index in [0.717, 1.165) is 5.56 Å². The van der Waals surface area contributed by atoms with Gasteiger partial charge in [0.2, 0.25) is 5.91 Å². The maximum absolute atomic E-state index is 13.9. The lowest BCUT2D eigenvalue weighted by atomic mass is 9.74. The maximum atomic E-state index is 13.9. The first kappa shape index (κ1) is 15.7. The normalized spacial score (nSPS) is 17.4. The Hall–Kier alpha value is -2.20. The second-order valence-electron chi connectivity index (χ2n) is 6.24. The van der Waals surface area contributed by atoms with Crippen molar-refractivity contribution in [2.75, 3.05) is 19.7 Å². The minimum Gasteiger partial charge on any atom is -0.395 e. The lowest BCUT2D eigenvalue weighted by Gasteiger charge is -2.50. The Morgan fingerprint density at radius 1 is 1.17 bits per heavy atom. The predicted octanol–water partition coefficient (Wildman–Crippen LogP) is 2.70. The summed E-state index contributed by atoms with van der Waals surface area (Å²) < 4.78 is 13.9. The summed E-state index contributed by atoms with van der Waals surface area (Å²) in [4.78, 5) is 14.3. The first-order valence-electron chi connectivity index (χ1n) is 7.77. The summed E-state index contributed by atoms with van der Waals surface area (Å²) in [5, 5.41) is 9.79. The first-order valence-corrected chi connectivity index (χ1v) is 7.77. The molecule has 0 aliphatic carbocycles. The molecule has 1 fully saturated rings. The van der Waals surface area contributed by atoms with Crippen LogP contribution in [-0.4, -0.2) is 35.6 Å². The minimum atomic E-state index is -0.524. The van der Waals surface area contributed by atoms with E-state index in [4.69, 9.17) is 0 Å². The van der Waals surface area contributed by atoms with E-state index in [1.54, 1.807) is 30.0 Å². The van der Waals surface area contributed by atoms with Gasteiger partial charge in [-0.05, 0) is 24.1 Å². The molecule has 1 unspecified atom stereocenters. The maximum Gasteiger partial charge on any atom is 0.230 e. The minimum absolute atomic E-state index is 0.00509. The molecule has 23 heavy (non-hydrogen) atoms. The van der Waals surface area contributed by atoms with Crippen molar-refractivity contribution >= 4 is 5.91 Å². The first-order chi connectivity index (χ1) is 11.1. The van der Waals surface area contributed by atoms with Gasteiger partial charge in [0, 0.05) is 13.1 Å². The van der Waals surface area contributed by atoms with Crippen LogP contribution in [0.4, 0.5) is 4.39 Å². The fraction of sp³-hybridized carbons (Fsp3) is 0.316. The summed E-state index contributed by atoms with van der Waals surface area (Å²) in [7, 11) is 0. The van der Waals surface area contributed by atoms with Gasteiger partial charge in [-0.1, -0.05) is 48.5 Å². The van der Waals surface area contributed by atoms with Gasteiger partial charge in [-0.2, -0.15) is 0 Å². The fourth-order valence-corrected chi connectivity index (χ4v) is 3.24. The molecule has 1 aliphatic heterocycles. The Kier molecular flexibility index (Phi) is 4.18. The highest BCUT2D eigenvalue weighted by Crippen LogP contribution is 2.36. The Bertz CT molecular complexity index is 696. The van der Waals surface area contributed by atoms with Gasteiger partial charge in [-0.25, -0.2) is 4.39 Å². The molecule has 0 bridgehead atoms. The average Bonchev–Trinajstić information content (AvgIpc) is 2.55. The third-order valence-electron chi connectivity index (χ3n) is 4.73. The lowest BCUT2D eigenvalue weighted by molar-refractivity contribution is -0.141. The van der Waals surface area contributed by atoms with Crippen LogP contribution in [0, 0.1) is 5.82 Å². The molecule has 1 amide bonds. The highest BCUT2D eigenvalue weighted by atomic mass is 19.1. The van der Waals surface area contributed by atoms with Gasteiger partial charge in [0.25, 0.3) is 0 Å². The summed E-state index contributed by atoms with van der Waals surface area (Å²) in [5.41, 5.74) is 1.05. The summed E-state index contributed by atoms with van der Waals surface area (Å²) in [6.45, 7) is 2.65. The van der Waals surface area contributed by atoms with Crippen LogP contribution in [0.5, 0.6) is 0 Å². The molecule has 1 aliphatic rings. The second kappa shape index (κ2) is 6.13. The molecule has 2 aromatic rings. The van der Waals surface area contributed by atoms with Crippen molar-refractivity contribution in [1.29, 1.82) is 0 Å². The van der Waals surface area contributed by atoms with Gasteiger partial charge >= 0.3 is 0 Å². The SMILES string of the molecule is CC(C(=O)N1CC(CO)(c2ccccc2)C1)c1ccccc1F. The van der Waals surface area contributed by atoms with Crippen molar-refractivity contribution in [2.45, 2.75) is 18.3 Å². The van der Waals surface area contributed by atoms with Gasteiger partial charge in [0.05, 0.1) is 17.9 Å². The zero-order valence-electron chi connectivity index (χ0n) is 13.1. The number of hydrogen-bond acceptors (Lipinski definition) is 2. The third kappa shape index (κ3) is 2.75. The molecule has 120 valence electrons. The van der Waals surface area contributed by atoms with E-state index in [2.05, 4.69) is 0 Å². The number of halogens is 1. The summed E-state index contributed by atoms with van der Waals surface area (Å²) in [6.07, 6.45) is 0. The number of aliphatic hydroxyl groups is 1. The lowest BCUT2D eigenvalue weighted by Crippen LogP contribution is -2.63. The zero-order valence-corrected chi connectivity index (χ0v) is 13.1. The van der Waals surface area contributed by atoms with Crippen molar-refractivity contribution in [3.8, 4) is 0 Å². The van der Waals surface area contributed by atoms with Gasteiger partial charge in [0.1, 0.15) is 5.82 Å². The number of aliphatic hydroxyl groups excluding tert-OH is 1. The Labute approximate surface area is 135 Å².